The van der Waals surface area contributed by atoms with Crippen LogP contribution in [-0.4, -0.2) is 9.97 Å². The van der Waals surface area contributed by atoms with E-state index in [4.69, 9.17) is 25.3 Å². The van der Waals surface area contributed by atoms with Crippen LogP contribution in [0.5, 0.6) is 0 Å². The molecule has 0 amide bonds. The molecular weight excluding hydrogens is 611 g/mol. The summed E-state index contributed by atoms with van der Waals surface area (Å²) in [5.41, 5.74) is 8.08. The largest absolute Gasteiger partial charge is 2.00 e. The van der Waals surface area contributed by atoms with Crippen molar-refractivity contribution in [2.45, 2.75) is 10.1 Å². The van der Waals surface area contributed by atoms with Crippen molar-refractivity contribution in [1.29, 1.82) is 10.5 Å². The Morgan fingerprint density at radius 2 is 0.721 bits per heavy atom. The van der Waals surface area contributed by atoms with Gasteiger partial charge >= 0.3 is 16.5 Å². The first-order chi connectivity index (χ1) is 20.6. The van der Waals surface area contributed by atoms with E-state index in [1.54, 1.807) is 0 Å². The Kier molecular flexibility index (Phi) is 10.7. The third-order valence-electron chi connectivity index (χ3n) is 6.50. The smallest absolute Gasteiger partial charge is 0.759 e. The third kappa shape index (κ3) is 7.30. The zero-order valence-corrected chi connectivity index (χ0v) is 25.2. The first-order valence-corrected chi connectivity index (χ1v) is 13.9. The Bertz CT molecular complexity index is 1760. The van der Waals surface area contributed by atoms with E-state index in [0.29, 0.717) is 21.2 Å². The summed E-state index contributed by atoms with van der Waals surface area (Å²) in [5, 5.41) is 19.4. The molecule has 0 N–H and O–H groups in total. The molecule has 0 aliphatic carbocycles. The minimum absolute atomic E-state index is 0. The second-order valence-corrected chi connectivity index (χ2v) is 9.93. The fourth-order valence-corrected chi connectivity index (χ4v) is 4.97. The van der Waals surface area contributed by atoms with E-state index in [0.717, 1.165) is 44.8 Å². The van der Waals surface area contributed by atoms with Gasteiger partial charge in [-0.05, 0) is 23.3 Å². The average Bonchev–Trinajstić information content (AvgIpc) is 3.06. The Hall–Kier alpha value is -4.91. The van der Waals surface area contributed by atoms with E-state index >= 15 is 0 Å². The van der Waals surface area contributed by atoms with Crippen LogP contribution in [0.4, 0.5) is 0 Å². The molecule has 6 aromatic rings. The van der Waals surface area contributed by atoms with Crippen molar-refractivity contribution in [3.8, 4) is 56.9 Å². The van der Waals surface area contributed by atoms with Gasteiger partial charge in [0.05, 0.1) is 34.7 Å². The van der Waals surface area contributed by atoms with Gasteiger partial charge in [-0.2, -0.15) is 10.5 Å². The molecule has 0 aliphatic heterocycles. The average molecular weight is 633 g/mol. The monoisotopic (exact) mass is 632 g/mol. The summed E-state index contributed by atoms with van der Waals surface area (Å²) in [6.07, 6.45) is 0. The van der Waals surface area contributed by atoms with Gasteiger partial charge in [0.15, 0.2) is 0 Å². The first kappa shape index (κ1) is 31.0. The minimum Gasteiger partial charge on any atom is -0.759 e. The zero-order valence-electron chi connectivity index (χ0n) is 22.6. The van der Waals surface area contributed by atoms with E-state index in [1.165, 1.54) is 0 Å². The minimum atomic E-state index is 0. The summed E-state index contributed by atoms with van der Waals surface area (Å²) < 4.78 is 0. The van der Waals surface area contributed by atoms with Gasteiger partial charge in [-0.3, -0.25) is 9.97 Å². The normalized spacial score (nSPS) is 9.81. The van der Waals surface area contributed by atoms with Crippen LogP contribution in [0.3, 0.4) is 0 Å². The summed E-state index contributed by atoms with van der Waals surface area (Å²) in [7, 11) is 0. The van der Waals surface area contributed by atoms with Crippen molar-refractivity contribution in [3.63, 3.8) is 0 Å². The van der Waals surface area contributed by atoms with E-state index < -0.39 is 0 Å². The molecule has 6 rings (SSSR count). The van der Waals surface area contributed by atoms with Crippen molar-refractivity contribution < 1.29 is 16.5 Å². The SMILES string of the molecule is N#Cc1c(-c2ccccc2)cc(-c2ccccc2)nc1[S-].N#Cc1c(-c2ccccc2)cc(-c2ccccc2)nc1[S-].[Ni+2]. The van der Waals surface area contributed by atoms with Crippen LogP contribution in [0.1, 0.15) is 11.1 Å². The molecule has 43 heavy (non-hydrogen) atoms. The number of hydrogen-bond donors (Lipinski definition) is 0. The molecule has 0 unspecified atom stereocenters. The number of rotatable bonds is 4. The fraction of sp³-hybridized carbons (Fsp3) is 0. The quantitative estimate of drug-likeness (QED) is 0.144. The molecule has 0 spiro atoms. The predicted molar refractivity (Wildman–Crippen MR) is 171 cm³/mol. The molecule has 0 atom stereocenters. The molecule has 0 saturated carbocycles. The van der Waals surface area contributed by atoms with Gasteiger partial charge < -0.3 is 25.3 Å². The second-order valence-electron chi connectivity index (χ2n) is 9.16. The van der Waals surface area contributed by atoms with Gasteiger partial charge in [0.2, 0.25) is 0 Å². The van der Waals surface area contributed by atoms with E-state index in [1.807, 2.05) is 133 Å². The van der Waals surface area contributed by atoms with Crippen LogP contribution >= 0.6 is 0 Å². The molecule has 0 fully saturated rings. The van der Waals surface area contributed by atoms with E-state index in [-0.39, 0.29) is 16.5 Å². The van der Waals surface area contributed by atoms with Crippen molar-refractivity contribution >= 4 is 25.3 Å². The molecule has 0 radical (unpaired) electrons. The topological polar surface area (TPSA) is 73.4 Å². The number of nitriles is 2. The molecule has 7 heteroatoms. The van der Waals surface area contributed by atoms with Gasteiger partial charge in [-0.15, -0.1) is 0 Å². The zero-order chi connectivity index (χ0) is 29.3. The molecule has 0 saturated heterocycles. The van der Waals surface area contributed by atoms with Gasteiger partial charge in [-0.1, -0.05) is 131 Å². The Labute approximate surface area is 272 Å². The summed E-state index contributed by atoms with van der Waals surface area (Å²) in [5.74, 6) is 0. The summed E-state index contributed by atoms with van der Waals surface area (Å²) >= 11 is 10.6. The standard InChI is InChI=1S/2C18H12N2S.Ni/c2*19-12-16-15(13-7-3-1-4-8-13)11-17(20-18(16)21)14-9-5-2-6-10-14;/h2*1-11H,(H,20,21);/q;;+2/p-2. The van der Waals surface area contributed by atoms with Gasteiger partial charge in [-0.25, -0.2) is 0 Å². The molecule has 2 aromatic heterocycles. The molecule has 2 heterocycles. The molecule has 0 bridgehead atoms. The van der Waals surface area contributed by atoms with Crippen LogP contribution in [-0.2, 0) is 41.7 Å². The second kappa shape index (κ2) is 14.8. The van der Waals surface area contributed by atoms with Crippen molar-refractivity contribution in [3.05, 3.63) is 145 Å². The maximum atomic E-state index is 9.37. The third-order valence-corrected chi connectivity index (χ3v) is 7.10. The maximum Gasteiger partial charge on any atom is 2.00 e. The molecule has 0 aliphatic rings. The molecule has 208 valence electrons. The summed E-state index contributed by atoms with van der Waals surface area (Å²) in [6, 6.07) is 47.5. The molecular formula is C36H22N4NiS2. The molecule has 4 aromatic carbocycles. The Morgan fingerprint density at radius 3 is 1.00 bits per heavy atom. The van der Waals surface area contributed by atoms with Crippen LogP contribution in [0.25, 0.3) is 44.8 Å². The summed E-state index contributed by atoms with van der Waals surface area (Å²) in [4.78, 5) is 8.79. The van der Waals surface area contributed by atoms with E-state index in [2.05, 4.69) is 22.1 Å². The van der Waals surface area contributed by atoms with Crippen molar-refractivity contribution in [2.75, 3.05) is 0 Å². The van der Waals surface area contributed by atoms with Crippen LogP contribution in [0.15, 0.2) is 144 Å². The van der Waals surface area contributed by atoms with Gasteiger partial charge in [0, 0.05) is 22.3 Å². The Balaban J connectivity index is 0.000000192. The number of pyridine rings is 2. The number of benzene rings is 4. The van der Waals surface area contributed by atoms with Gasteiger partial charge in [0.1, 0.15) is 0 Å². The predicted octanol–water partition coefficient (Wildman–Crippen LogP) is 8.38. The maximum absolute atomic E-state index is 9.37. The fourth-order valence-electron chi connectivity index (χ4n) is 4.46. The van der Waals surface area contributed by atoms with E-state index in [9.17, 15) is 10.5 Å². The van der Waals surface area contributed by atoms with Crippen LogP contribution < -0.4 is 0 Å². The Morgan fingerprint density at radius 1 is 0.442 bits per heavy atom. The molecule has 4 nitrogen and oxygen atoms in total. The van der Waals surface area contributed by atoms with Gasteiger partial charge in [0.25, 0.3) is 0 Å². The number of aromatic nitrogens is 2. The first-order valence-electron chi connectivity index (χ1n) is 13.0. The van der Waals surface area contributed by atoms with Crippen LogP contribution in [0, 0.1) is 22.7 Å². The number of nitrogens with zero attached hydrogens (tertiary/aromatic N) is 4. The van der Waals surface area contributed by atoms with Crippen molar-refractivity contribution in [1.82, 2.24) is 9.97 Å². The van der Waals surface area contributed by atoms with Crippen LogP contribution in [0.2, 0.25) is 0 Å². The van der Waals surface area contributed by atoms with Crippen molar-refractivity contribution in [2.24, 2.45) is 0 Å². The summed E-state index contributed by atoms with van der Waals surface area (Å²) in [6.45, 7) is 0. The number of hydrogen-bond acceptors (Lipinski definition) is 6.